The molecule has 2 rings (SSSR count). The van der Waals surface area contributed by atoms with Crippen molar-refractivity contribution in [2.75, 3.05) is 26.2 Å². The van der Waals surface area contributed by atoms with Gasteiger partial charge in [-0.15, -0.1) is 0 Å². The van der Waals surface area contributed by atoms with E-state index in [0.29, 0.717) is 32.2 Å². The first-order valence-electron chi connectivity index (χ1n) is 9.37. The summed E-state index contributed by atoms with van der Waals surface area (Å²) >= 11 is 0. The third-order valence-corrected chi connectivity index (χ3v) is 4.89. The number of aliphatic imine (C=N–C) groups is 1. The number of ether oxygens (including phenoxy) is 1. The molecule has 3 N–H and O–H groups in total. The highest BCUT2D eigenvalue weighted by atomic mass is 16.6. The fourth-order valence-electron chi connectivity index (χ4n) is 3.38. The molecule has 1 aromatic rings. The zero-order valence-corrected chi connectivity index (χ0v) is 16.4. The van der Waals surface area contributed by atoms with Crippen LogP contribution in [-0.4, -0.2) is 49.2 Å². The molecule has 1 aliphatic heterocycles. The number of nitrogens with one attached hydrogen (secondary N) is 1. The Morgan fingerprint density at radius 2 is 2.00 bits per heavy atom. The average Bonchev–Trinajstić information content (AvgIpc) is 2.61. The van der Waals surface area contributed by atoms with Crippen LogP contribution in [0.25, 0.3) is 0 Å². The first kappa shape index (κ1) is 20.1. The maximum Gasteiger partial charge on any atom is 0.409 e. The lowest BCUT2D eigenvalue weighted by Gasteiger charge is -2.32. The molecule has 1 aromatic carbocycles. The van der Waals surface area contributed by atoms with Gasteiger partial charge in [-0.05, 0) is 37.8 Å². The smallest absolute Gasteiger partial charge is 0.409 e. The largest absolute Gasteiger partial charge is 0.450 e. The van der Waals surface area contributed by atoms with Gasteiger partial charge in [0.2, 0.25) is 0 Å². The first-order chi connectivity index (χ1) is 12.3. The average molecular weight is 361 g/mol. The number of nitrogens with two attached hydrogens (primary N) is 1. The Bertz CT molecular complexity index is 634. The zero-order chi connectivity index (χ0) is 19.2. The molecule has 0 bridgehead atoms. The topological polar surface area (TPSA) is 80.0 Å². The number of likely N-dealkylation sites (tertiary alicyclic amines) is 1. The lowest BCUT2D eigenvalue weighted by molar-refractivity contribution is 0.0963. The number of piperidine rings is 1. The molecule has 26 heavy (non-hydrogen) atoms. The summed E-state index contributed by atoms with van der Waals surface area (Å²) in [5.74, 6) is 0.473. The Labute approximate surface area is 156 Å². The number of hydrogen-bond donors (Lipinski definition) is 2. The summed E-state index contributed by atoms with van der Waals surface area (Å²) in [6, 6.07) is 8.63. The minimum absolute atomic E-state index is 0.0785. The summed E-state index contributed by atoms with van der Waals surface area (Å²) in [6.45, 7) is 10.7. The molecule has 0 saturated carbocycles. The van der Waals surface area contributed by atoms with Crippen molar-refractivity contribution in [3.8, 4) is 0 Å². The number of carbonyl (C=O) groups excluding carboxylic acids is 1. The monoisotopic (exact) mass is 360 g/mol. The van der Waals surface area contributed by atoms with Crippen LogP contribution in [0.4, 0.5) is 4.79 Å². The minimum Gasteiger partial charge on any atom is -0.450 e. The Kier molecular flexibility index (Phi) is 6.89. The maximum absolute atomic E-state index is 11.7. The third-order valence-electron chi connectivity index (χ3n) is 4.89. The van der Waals surface area contributed by atoms with Crippen LogP contribution in [0.3, 0.4) is 0 Å². The van der Waals surface area contributed by atoms with Crippen molar-refractivity contribution in [1.82, 2.24) is 10.2 Å². The van der Waals surface area contributed by atoms with Crippen molar-refractivity contribution >= 4 is 12.1 Å². The SMILES string of the molecule is CCOC(=O)N1CCC(NC(N)=NCC(C)(C)c2ccccc2C)CC1. The molecule has 0 aliphatic carbocycles. The second-order valence-corrected chi connectivity index (χ2v) is 7.50. The number of rotatable bonds is 5. The van der Waals surface area contributed by atoms with Crippen LogP contribution in [0.15, 0.2) is 29.3 Å². The molecule has 0 spiro atoms. The minimum atomic E-state index is -0.229. The lowest BCUT2D eigenvalue weighted by atomic mass is 9.82. The van der Waals surface area contributed by atoms with Crippen LogP contribution < -0.4 is 11.1 Å². The molecule has 1 fully saturated rings. The number of nitrogens with zero attached hydrogens (tertiary/aromatic N) is 2. The van der Waals surface area contributed by atoms with Gasteiger partial charge in [-0.2, -0.15) is 0 Å². The van der Waals surface area contributed by atoms with E-state index in [2.05, 4.69) is 55.3 Å². The molecule has 0 radical (unpaired) electrons. The van der Waals surface area contributed by atoms with Gasteiger partial charge in [0.25, 0.3) is 0 Å². The number of amides is 1. The Hall–Kier alpha value is -2.24. The summed E-state index contributed by atoms with van der Waals surface area (Å²) in [6.07, 6.45) is 1.46. The molecule has 1 heterocycles. The van der Waals surface area contributed by atoms with Crippen molar-refractivity contribution in [2.24, 2.45) is 10.7 Å². The zero-order valence-electron chi connectivity index (χ0n) is 16.4. The second kappa shape index (κ2) is 8.92. The van der Waals surface area contributed by atoms with E-state index in [0.717, 1.165) is 12.8 Å². The van der Waals surface area contributed by atoms with Crippen LogP contribution in [0.5, 0.6) is 0 Å². The highest BCUT2D eigenvalue weighted by molar-refractivity contribution is 5.78. The fraction of sp³-hybridized carbons (Fsp3) is 0.600. The van der Waals surface area contributed by atoms with Crippen molar-refractivity contribution in [3.05, 3.63) is 35.4 Å². The quantitative estimate of drug-likeness (QED) is 0.625. The van der Waals surface area contributed by atoms with Crippen LogP contribution in [-0.2, 0) is 10.2 Å². The molecular weight excluding hydrogens is 328 g/mol. The van der Waals surface area contributed by atoms with E-state index in [1.807, 2.05) is 6.92 Å². The number of carbonyl (C=O) groups is 1. The predicted molar refractivity (Wildman–Crippen MR) is 105 cm³/mol. The van der Waals surface area contributed by atoms with Crippen LogP contribution in [0.1, 0.15) is 44.7 Å². The van der Waals surface area contributed by atoms with Gasteiger partial charge in [-0.25, -0.2) is 4.79 Å². The van der Waals surface area contributed by atoms with Gasteiger partial charge in [-0.1, -0.05) is 38.1 Å². The molecule has 0 aromatic heterocycles. The van der Waals surface area contributed by atoms with E-state index in [9.17, 15) is 4.79 Å². The fourth-order valence-corrected chi connectivity index (χ4v) is 3.38. The normalized spacial score (nSPS) is 16.5. The van der Waals surface area contributed by atoms with Gasteiger partial charge < -0.3 is 20.7 Å². The molecule has 0 atom stereocenters. The third kappa shape index (κ3) is 5.38. The molecule has 1 saturated heterocycles. The van der Waals surface area contributed by atoms with E-state index in [-0.39, 0.29) is 17.6 Å². The summed E-state index contributed by atoms with van der Waals surface area (Å²) in [4.78, 5) is 18.1. The van der Waals surface area contributed by atoms with E-state index in [1.54, 1.807) is 4.90 Å². The summed E-state index contributed by atoms with van der Waals surface area (Å²) in [5.41, 5.74) is 8.59. The highest BCUT2D eigenvalue weighted by Crippen LogP contribution is 2.26. The van der Waals surface area contributed by atoms with Crippen molar-refractivity contribution in [1.29, 1.82) is 0 Å². The number of aryl methyl sites for hydroxylation is 1. The van der Waals surface area contributed by atoms with Gasteiger partial charge in [-0.3, -0.25) is 4.99 Å². The number of hydrogen-bond acceptors (Lipinski definition) is 3. The Balaban J connectivity index is 1.85. The molecule has 1 aliphatic rings. The molecule has 1 amide bonds. The molecule has 0 unspecified atom stereocenters. The van der Waals surface area contributed by atoms with E-state index in [1.165, 1.54) is 11.1 Å². The van der Waals surface area contributed by atoms with E-state index >= 15 is 0 Å². The van der Waals surface area contributed by atoms with Gasteiger partial charge in [0.15, 0.2) is 5.96 Å². The molecule has 6 nitrogen and oxygen atoms in total. The van der Waals surface area contributed by atoms with E-state index in [4.69, 9.17) is 10.5 Å². The predicted octanol–water partition coefficient (Wildman–Crippen LogP) is 2.80. The Morgan fingerprint density at radius 1 is 1.35 bits per heavy atom. The lowest BCUT2D eigenvalue weighted by Crippen LogP contribution is -2.48. The summed E-state index contributed by atoms with van der Waals surface area (Å²) in [5, 5.41) is 3.30. The summed E-state index contributed by atoms with van der Waals surface area (Å²) in [7, 11) is 0. The van der Waals surface area contributed by atoms with Crippen LogP contribution in [0, 0.1) is 6.92 Å². The maximum atomic E-state index is 11.7. The second-order valence-electron chi connectivity index (χ2n) is 7.50. The van der Waals surface area contributed by atoms with Crippen LogP contribution in [0.2, 0.25) is 0 Å². The summed E-state index contributed by atoms with van der Waals surface area (Å²) < 4.78 is 5.04. The highest BCUT2D eigenvalue weighted by Gasteiger charge is 2.25. The van der Waals surface area contributed by atoms with Gasteiger partial charge in [0, 0.05) is 24.5 Å². The molecular formula is C20H32N4O2. The first-order valence-corrected chi connectivity index (χ1v) is 9.37. The number of benzene rings is 1. The van der Waals surface area contributed by atoms with E-state index < -0.39 is 0 Å². The molecule has 6 heteroatoms. The van der Waals surface area contributed by atoms with Crippen molar-refractivity contribution in [2.45, 2.75) is 52.0 Å². The van der Waals surface area contributed by atoms with Crippen molar-refractivity contribution < 1.29 is 9.53 Å². The Morgan fingerprint density at radius 3 is 2.62 bits per heavy atom. The molecule has 144 valence electrons. The van der Waals surface area contributed by atoms with Gasteiger partial charge >= 0.3 is 6.09 Å². The standard InChI is InChI=1S/C20H32N4O2/c1-5-26-19(25)24-12-10-16(11-13-24)23-18(21)22-14-20(3,4)17-9-7-6-8-15(17)2/h6-9,16H,5,10-14H2,1-4H3,(H3,21,22,23). The van der Waals surface area contributed by atoms with Gasteiger partial charge in [0.05, 0.1) is 13.2 Å². The van der Waals surface area contributed by atoms with Crippen LogP contribution >= 0.6 is 0 Å². The number of guanidine groups is 1. The van der Waals surface area contributed by atoms with Gasteiger partial charge in [0.1, 0.15) is 0 Å². The van der Waals surface area contributed by atoms with Crippen molar-refractivity contribution in [3.63, 3.8) is 0 Å².